The minimum absolute atomic E-state index is 0.0825. The van der Waals surface area contributed by atoms with Gasteiger partial charge < -0.3 is 4.57 Å². The lowest BCUT2D eigenvalue weighted by molar-refractivity contribution is 0.273. The zero-order valence-corrected chi connectivity index (χ0v) is 22.5. The Balaban J connectivity index is 1.49. The second kappa shape index (κ2) is 9.21. The highest BCUT2D eigenvalue weighted by molar-refractivity contribution is 7.90. The molecule has 0 bridgehead atoms. The van der Waals surface area contributed by atoms with Gasteiger partial charge in [-0.3, -0.25) is 0 Å². The quantitative estimate of drug-likeness (QED) is 0.366. The number of rotatable bonds is 6. The molecule has 1 aromatic carbocycles. The summed E-state index contributed by atoms with van der Waals surface area (Å²) in [5.41, 5.74) is 2.01. The van der Waals surface area contributed by atoms with Gasteiger partial charge in [-0.25, -0.2) is 35.1 Å². The van der Waals surface area contributed by atoms with Crippen molar-refractivity contribution < 1.29 is 16.8 Å². The summed E-state index contributed by atoms with van der Waals surface area (Å²) in [7, 11) is -7.05. The SMILES string of the molecule is CS(=O)(=O)N1CCC(n2c(CC3CCCC3)nc3cnc4c(ccn4S(=O)(=O)c4ccccc4)c32)CC1. The van der Waals surface area contributed by atoms with Gasteiger partial charge in [0, 0.05) is 37.1 Å². The first-order valence-electron chi connectivity index (χ1n) is 12.9. The largest absolute Gasteiger partial charge is 0.324 e. The van der Waals surface area contributed by atoms with Crippen molar-refractivity contribution in [1.29, 1.82) is 0 Å². The van der Waals surface area contributed by atoms with E-state index < -0.39 is 20.0 Å². The van der Waals surface area contributed by atoms with Gasteiger partial charge in [0.1, 0.15) is 11.3 Å². The van der Waals surface area contributed by atoms with E-state index in [1.807, 2.05) is 6.07 Å². The molecule has 196 valence electrons. The number of nitrogens with zero attached hydrogens (tertiary/aromatic N) is 5. The van der Waals surface area contributed by atoms with Crippen LogP contribution in [0.1, 0.15) is 50.4 Å². The predicted octanol–water partition coefficient (Wildman–Crippen LogP) is 3.95. The highest BCUT2D eigenvalue weighted by Crippen LogP contribution is 2.36. The van der Waals surface area contributed by atoms with E-state index in [4.69, 9.17) is 4.98 Å². The second-order valence-electron chi connectivity index (χ2n) is 10.3. The van der Waals surface area contributed by atoms with Crippen molar-refractivity contribution in [1.82, 2.24) is 22.8 Å². The average Bonchev–Trinajstić information content (AvgIpc) is 3.62. The molecule has 0 N–H and O–H groups in total. The minimum Gasteiger partial charge on any atom is -0.324 e. The predicted molar refractivity (Wildman–Crippen MR) is 142 cm³/mol. The molecule has 1 aliphatic heterocycles. The van der Waals surface area contributed by atoms with Gasteiger partial charge in [-0.05, 0) is 37.0 Å². The van der Waals surface area contributed by atoms with Gasteiger partial charge in [0.05, 0.1) is 22.9 Å². The summed E-state index contributed by atoms with van der Waals surface area (Å²) >= 11 is 0. The molecule has 1 aliphatic carbocycles. The van der Waals surface area contributed by atoms with Crippen LogP contribution in [0.15, 0.2) is 53.7 Å². The molecule has 4 heterocycles. The van der Waals surface area contributed by atoms with Crippen LogP contribution in [-0.2, 0) is 26.5 Å². The van der Waals surface area contributed by atoms with E-state index in [0.29, 0.717) is 37.5 Å². The molecule has 0 radical (unpaired) electrons. The lowest BCUT2D eigenvalue weighted by Gasteiger charge is -2.32. The number of aromatic nitrogens is 4. The van der Waals surface area contributed by atoms with E-state index in [1.165, 1.54) is 35.9 Å². The molecule has 0 atom stereocenters. The van der Waals surface area contributed by atoms with Gasteiger partial charge in [-0.2, -0.15) is 0 Å². The lowest BCUT2D eigenvalue weighted by atomic mass is 10.0. The fourth-order valence-corrected chi connectivity index (χ4v) is 8.23. The van der Waals surface area contributed by atoms with Gasteiger partial charge >= 0.3 is 0 Å². The second-order valence-corrected chi connectivity index (χ2v) is 14.1. The Morgan fingerprint density at radius 1 is 0.946 bits per heavy atom. The van der Waals surface area contributed by atoms with E-state index in [0.717, 1.165) is 28.7 Å². The summed E-state index contributed by atoms with van der Waals surface area (Å²) in [6.45, 7) is 0.924. The Bertz CT molecular complexity index is 1660. The number of pyridine rings is 1. The first-order valence-corrected chi connectivity index (χ1v) is 16.1. The zero-order chi connectivity index (χ0) is 25.8. The Labute approximate surface area is 217 Å². The number of piperidine rings is 1. The van der Waals surface area contributed by atoms with Crippen LogP contribution in [0.2, 0.25) is 0 Å². The van der Waals surface area contributed by atoms with Crippen molar-refractivity contribution in [3.05, 3.63) is 54.6 Å². The van der Waals surface area contributed by atoms with Gasteiger partial charge in [0.2, 0.25) is 10.0 Å². The highest BCUT2D eigenvalue weighted by Gasteiger charge is 2.31. The fourth-order valence-electron chi connectivity index (χ4n) is 6.04. The molecule has 2 fully saturated rings. The molecule has 6 rings (SSSR count). The van der Waals surface area contributed by atoms with Crippen LogP contribution in [0.5, 0.6) is 0 Å². The zero-order valence-electron chi connectivity index (χ0n) is 20.8. The van der Waals surface area contributed by atoms with Crippen molar-refractivity contribution in [2.24, 2.45) is 5.92 Å². The summed E-state index contributed by atoms with van der Waals surface area (Å²) in [6, 6.07) is 10.3. The molecule has 0 amide bonds. The van der Waals surface area contributed by atoms with Crippen LogP contribution >= 0.6 is 0 Å². The number of hydrogen-bond acceptors (Lipinski definition) is 6. The minimum atomic E-state index is -3.81. The first-order chi connectivity index (χ1) is 17.7. The Hall–Kier alpha value is -2.76. The Morgan fingerprint density at radius 2 is 1.65 bits per heavy atom. The van der Waals surface area contributed by atoms with E-state index in [2.05, 4.69) is 9.55 Å². The van der Waals surface area contributed by atoms with Crippen molar-refractivity contribution in [2.75, 3.05) is 19.3 Å². The maximum Gasteiger partial charge on any atom is 0.269 e. The first kappa shape index (κ1) is 24.6. The van der Waals surface area contributed by atoms with Crippen molar-refractivity contribution in [3.8, 4) is 0 Å². The number of sulfonamides is 1. The van der Waals surface area contributed by atoms with Crippen molar-refractivity contribution in [2.45, 2.75) is 55.9 Å². The molecule has 4 aromatic rings. The van der Waals surface area contributed by atoms with Gasteiger partial charge in [0.15, 0.2) is 5.65 Å². The number of benzene rings is 1. The van der Waals surface area contributed by atoms with Gasteiger partial charge in [0.25, 0.3) is 10.0 Å². The van der Waals surface area contributed by atoms with Gasteiger partial charge in [-0.15, -0.1) is 0 Å². The van der Waals surface area contributed by atoms with Crippen LogP contribution in [0.3, 0.4) is 0 Å². The normalized spacial score (nSPS) is 18.8. The smallest absolute Gasteiger partial charge is 0.269 e. The molecule has 1 saturated heterocycles. The molecule has 11 heteroatoms. The molecule has 9 nitrogen and oxygen atoms in total. The van der Waals surface area contributed by atoms with E-state index in [-0.39, 0.29) is 10.9 Å². The number of hydrogen-bond donors (Lipinski definition) is 0. The molecule has 2 aliphatic rings. The summed E-state index contributed by atoms with van der Waals surface area (Å²) in [6.07, 6.45) is 11.6. The molecule has 1 saturated carbocycles. The van der Waals surface area contributed by atoms with Gasteiger partial charge in [-0.1, -0.05) is 43.9 Å². The summed E-state index contributed by atoms with van der Waals surface area (Å²) < 4.78 is 56.2. The third kappa shape index (κ3) is 4.36. The van der Waals surface area contributed by atoms with E-state index in [1.54, 1.807) is 47.0 Å². The van der Waals surface area contributed by atoms with Crippen LogP contribution in [-0.4, -0.2) is 59.0 Å². The molecular weight excluding hydrogens is 510 g/mol. The topological polar surface area (TPSA) is 107 Å². The lowest BCUT2D eigenvalue weighted by Crippen LogP contribution is -2.38. The number of fused-ring (bicyclic) bond motifs is 3. The Morgan fingerprint density at radius 3 is 2.32 bits per heavy atom. The third-order valence-electron chi connectivity index (χ3n) is 7.91. The van der Waals surface area contributed by atoms with Crippen molar-refractivity contribution >= 4 is 42.1 Å². The molecular formula is C26H31N5O4S2. The summed E-state index contributed by atoms with van der Waals surface area (Å²) in [5, 5.41) is 0.743. The summed E-state index contributed by atoms with van der Waals surface area (Å²) in [4.78, 5) is 9.77. The van der Waals surface area contributed by atoms with Crippen molar-refractivity contribution in [3.63, 3.8) is 0 Å². The van der Waals surface area contributed by atoms with Crippen LogP contribution in [0.4, 0.5) is 0 Å². The number of imidazole rings is 1. The molecule has 0 spiro atoms. The molecule has 0 unspecified atom stereocenters. The monoisotopic (exact) mass is 541 g/mol. The van der Waals surface area contributed by atoms with E-state index in [9.17, 15) is 16.8 Å². The summed E-state index contributed by atoms with van der Waals surface area (Å²) in [5.74, 6) is 1.57. The van der Waals surface area contributed by atoms with Crippen LogP contribution in [0, 0.1) is 5.92 Å². The standard InChI is InChI=1S/C26H31N5O4S2/c1-36(32,33)29-14-11-20(12-15-29)31-24(17-19-7-5-6-8-19)28-23-18-27-26-22(25(23)31)13-16-30(26)37(34,35)21-9-3-2-4-10-21/h2-4,9-10,13,16,18-20H,5-8,11-12,14-15,17H2,1H3. The van der Waals surface area contributed by atoms with Crippen LogP contribution in [0.25, 0.3) is 22.1 Å². The molecule has 37 heavy (non-hydrogen) atoms. The third-order valence-corrected chi connectivity index (χ3v) is 10.9. The fraction of sp³-hybridized carbons (Fsp3) is 0.462. The Kier molecular flexibility index (Phi) is 6.12. The molecule has 3 aromatic heterocycles. The maximum absolute atomic E-state index is 13.4. The van der Waals surface area contributed by atoms with Crippen LogP contribution < -0.4 is 0 Å². The average molecular weight is 542 g/mol. The maximum atomic E-state index is 13.4. The van der Waals surface area contributed by atoms with E-state index >= 15 is 0 Å². The highest BCUT2D eigenvalue weighted by atomic mass is 32.2.